The Balaban J connectivity index is 1.54. The molecule has 0 unspecified atom stereocenters. The third kappa shape index (κ3) is 4.67. The predicted octanol–water partition coefficient (Wildman–Crippen LogP) is 7.16. The first-order valence-corrected chi connectivity index (χ1v) is 13.8. The molecule has 0 aliphatic carbocycles. The standard InChI is InChI=1S/C25H32O6P2/c1-6-7-20-21-10-16(2)8-18(4)23(21)30-33(31-24-19(5)9-17(3)11-22(20)24)29-15-25-12-26-32(27-13-25)28-14-25/h8-11,20H,6-7,12-15H2,1-5H3. The zero-order valence-electron chi connectivity index (χ0n) is 20.0. The lowest BCUT2D eigenvalue weighted by atomic mass is 9.83. The van der Waals surface area contributed by atoms with E-state index in [1.165, 1.54) is 22.3 Å². The van der Waals surface area contributed by atoms with Crippen LogP contribution in [-0.4, -0.2) is 26.4 Å². The maximum atomic E-state index is 6.54. The van der Waals surface area contributed by atoms with Gasteiger partial charge in [-0.25, -0.2) is 0 Å². The molecule has 4 aliphatic rings. The summed E-state index contributed by atoms with van der Waals surface area (Å²) in [5.74, 6) is 1.97. The normalized spacial score (nSPS) is 28.2. The minimum atomic E-state index is -1.68. The van der Waals surface area contributed by atoms with Gasteiger partial charge in [0.15, 0.2) is 0 Å². The van der Waals surface area contributed by atoms with Crippen molar-refractivity contribution in [1.82, 2.24) is 0 Å². The molecule has 4 aliphatic heterocycles. The summed E-state index contributed by atoms with van der Waals surface area (Å²) in [6.07, 6.45) is 2.09. The first-order chi connectivity index (χ1) is 15.9. The molecule has 0 spiro atoms. The predicted molar refractivity (Wildman–Crippen MR) is 130 cm³/mol. The van der Waals surface area contributed by atoms with Crippen molar-refractivity contribution < 1.29 is 27.1 Å². The average molecular weight is 490 g/mol. The fraction of sp³-hybridized carbons (Fsp3) is 0.520. The fourth-order valence-corrected chi connectivity index (χ4v) is 7.53. The number of rotatable bonds is 5. The third-order valence-electron chi connectivity index (χ3n) is 6.46. The number of hydrogen-bond donors (Lipinski definition) is 0. The van der Waals surface area contributed by atoms with Gasteiger partial charge >= 0.3 is 17.2 Å². The fourth-order valence-electron chi connectivity index (χ4n) is 4.85. The Morgan fingerprint density at radius 3 is 1.85 bits per heavy atom. The zero-order chi connectivity index (χ0) is 23.2. The number of fused-ring (bicyclic) bond motifs is 5. The van der Waals surface area contributed by atoms with E-state index in [9.17, 15) is 0 Å². The molecule has 3 fully saturated rings. The van der Waals surface area contributed by atoms with Gasteiger partial charge < -0.3 is 22.6 Å². The van der Waals surface area contributed by atoms with Crippen molar-refractivity contribution in [1.29, 1.82) is 0 Å². The van der Waals surface area contributed by atoms with Crippen molar-refractivity contribution in [2.75, 3.05) is 26.4 Å². The van der Waals surface area contributed by atoms with Gasteiger partial charge in [0.2, 0.25) is 0 Å². The minimum Gasteiger partial charge on any atom is -0.417 e. The van der Waals surface area contributed by atoms with Crippen molar-refractivity contribution >= 4 is 17.2 Å². The van der Waals surface area contributed by atoms with Crippen LogP contribution < -0.4 is 9.05 Å². The molecule has 178 valence electrons. The summed E-state index contributed by atoms with van der Waals surface area (Å²) in [6.45, 7) is 12.8. The minimum absolute atomic E-state index is 0.207. The quantitative estimate of drug-likeness (QED) is 0.415. The highest BCUT2D eigenvalue weighted by Crippen LogP contribution is 2.56. The van der Waals surface area contributed by atoms with Crippen LogP contribution in [0.1, 0.15) is 59.1 Å². The molecule has 0 amide bonds. The number of benzene rings is 2. The molecule has 4 heterocycles. The molecule has 0 aromatic heterocycles. The summed E-state index contributed by atoms with van der Waals surface area (Å²) in [5.41, 5.74) is 6.79. The van der Waals surface area contributed by atoms with Gasteiger partial charge in [0.25, 0.3) is 0 Å². The van der Waals surface area contributed by atoms with Crippen LogP contribution >= 0.6 is 17.2 Å². The smallest absolute Gasteiger partial charge is 0.417 e. The highest BCUT2D eigenvalue weighted by Gasteiger charge is 2.46. The second-order valence-corrected chi connectivity index (χ2v) is 11.9. The van der Waals surface area contributed by atoms with Crippen molar-refractivity contribution in [2.45, 2.75) is 53.4 Å². The van der Waals surface area contributed by atoms with Crippen LogP contribution in [0.5, 0.6) is 11.5 Å². The van der Waals surface area contributed by atoms with E-state index >= 15 is 0 Å². The Hall–Kier alpha value is -1.26. The second-order valence-electron chi connectivity index (χ2n) is 9.57. The molecular weight excluding hydrogens is 458 g/mol. The third-order valence-corrected chi connectivity index (χ3v) is 8.48. The molecule has 2 bridgehead atoms. The highest BCUT2D eigenvalue weighted by atomic mass is 31.2. The van der Waals surface area contributed by atoms with Crippen LogP contribution in [0.25, 0.3) is 0 Å². The molecule has 0 atom stereocenters. The number of aryl methyl sites for hydroxylation is 4. The van der Waals surface area contributed by atoms with E-state index in [0.29, 0.717) is 26.4 Å². The summed E-state index contributed by atoms with van der Waals surface area (Å²) in [7, 11) is -2.85. The van der Waals surface area contributed by atoms with E-state index in [2.05, 4.69) is 58.9 Å². The maximum Gasteiger partial charge on any atom is 0.463 e. The summed E-state index contributed by atoms with van der Waals surface area (Å²) >= 11 is 0. The molecule has 3 saturated heterocycles. The van der Waals surface area contributed by atoms with E-state index in [1.54, 1.807) is 0 Å². The second kappa shape index (κ2) is 9.41. The first-order valence-electron chi connectivity index (χ1n) is 11.6. The van der Waals surface area contributed by atoms with Gasteiger partial charge in [-0.15, -0.1) is 0 Å². The summed E-state index contributed by atoms with van der Waals surface area (Å²) < 4.78 is 36.4. The molecule has 2 aromatic carbocycles. The Labute approximate surface area is 198 Å². The van der Waals surface area contributed by atoms with Crippen molar-refractivity contribution in [3.8, 4) is 11.5 Å². The summed E-state index contributed by atoms with van der Waals surface area (Å²) in [4.78, 5) is 0. The van der Waals surface area contributed by atoms with Gasteiger partial charge in [-0.1, -0.05) is 48.7 Å². The van der Waals surface area contributed by atoms with Crippen LogP contribution in [0.2, 0.25) is 0 Å². The van der Waals surface area contributed by atoms with Gasteiger partial charge in [0, 0.05) is 17.0 Å². The van der Waals surface area contributed by atoms with Gasteiger partial charge in [0.05, 0.1) is 31.8 Å². The van der Waals surface area contributed by atoms with Gasteiger partial charge in [-0.05, 0) is 45.2 Å². The van der Waals surface area contributed by atoms with Crippen molar-refractivity contribution in [3.05, 3.63) is 57.6 Å². The van der Waals surface area contributed by atoms with Gasteiger partial charge in [-0.3, -0.25) is 4.52 Å². The van der Waals surface area contributed by atoms with Gasteiger partial charge in [-0.2, -0.15) is 0 Å². The molecule has 0 radical (unpaired) electrons. The SMILES string of the molecule is CCCC1c2cc(C)cc(C)c2OP(OCC23COP(OC2)OC3)Oc2c(C)cc(C)cc21. The molecule has 8 heteroatoms. The number of hydrogen-bond acceptors (Lipinski definition) is 6. The van der Waals surface area contributed by atoms with Crippen LogP contribution in [0, 0.1) is 33.1 Å². The Kier molecular flexibility index (Phi) is 6.70. The van der Waals surface area contributed by atoms with E-state index < -0.39 is 17.2 Å². The molecular formula is C25H32O6P2. The lowest BCUT2D eigenvalue weighted by molar-refractivity contribution is -0.0926. The van der Waals surface area contributed by atoms with Gasteiger partial charge in [0.1, 0.15) is 11.5 Å². The molecule has 6 nitrogen and oxygen atoms in total. The molecule has 2 aromatic rings. The van der Waals surface area contributed by atoms with Crippen LogP contribution in [-0.2, 0) is 18.1 Å². The van der Waals surface area contributed by atoms with E-state index in [-0.39, 0.29) is 11.3 Å². The molecule has 6 rings (SSSR count). The molecule has 0 saturated carbocycles. The van der Waals surface area contributed by atoms with Crippen LogP contribution in [0.4, 0.5) is 0 Å². The van der Waals surface area contributed by atoms with E-state index in [4.69, 9.17) is 27.1 Å². The van der Waals surface area contributed by atoms with E-state index in [0.717, 1.165) is 35.5 Å². The van der Waals surface area contributed by atoms with Crippen molar-refractivity contribution in [3.63, 3.8) is 0 Å². The highest BCUT2D eigenvalue weighted by molar-refractivity contribution is 7.42. The molecule has 33 heavy (non-hydrogen) atoms. The zero-order valence-corrected chi connectivity index (χ0v) is 21.8. The molecule has 0 N–H and O–H groups in total. The first kappa shape index (κ1) is 23.5. The van der Waals surface area contributed by atoms with Crippen molar-refractivity contribution in [2.24, 2.45) is 5.41 Å². The lowest BCUT2D eigenvalue weighted by Crippen LogP contribution is -2.46. The maximum absolute atomic E-state index is 6.54. The Bertz CT molecular complexity index is 959. The van der Waals surface area contributed by atoms with Crippen LogP contribution in [0.15, 0.2) is 24.3 Å². The largest absolute Gasteiger partial charge is 0.463 e. The monoisotopic (exact) mass is 490 g/mol. The summed E-state index contributed by atoms with van der Waals surface area (Å²) in [6, 6.07) is 8.86. The lowest BCUT2D eigenvalue weighted by Gasteiger charge is -2.43. The topological polar surface area (TPSA) is 55.4 Å². The summed E-state index contributed by atoms with van der Waals surface area (Å²) in [5, 5.41) is 0. The average Bonchev–Trinajstić information content (AvgIpc) is 2.79. The Morgan fingerprint density at radius 2 is 1.36 bits per heavy atom. The Morgan fingerprint density at radius 1 is 0.848 bits per heavy atom. The van der Waals surface area contributed by atoms with E-state index in [1.807, 2.05) is 0 Å². The van der Waals surface area contributed by atoms with Crippen LogP contribution in [0.3, 0.4) is 0 Å².